The molecule has 0 saturated carbocycles. The second-order valence-electron chi connectivity index (χ2n) is 26.0. The molecule has 0 bridgehead atoms. The normalized spacial score (nSPS) is 12.6. The fourth-order valence-electron chi connectivity index (χ4n) is 12.0. The Morgan fingerprint density at radius 1 is 0.329 bits per heavy atom. The van der Waals surface area contributed by atoms with Crippen LogP contribution < -0.4 is 5.32 Å². The summed E-state index contributed by atoms with van der Waals surface area (Å²) in [5.74, 6) is -0.0436. The minimum absolute atomic E-state index is 0.0199. The first-order valence-corrected chi connectivity index (χ1v) is 37.6. The summed E-state index contributed by atoms with van der Waals surface area (Å²) in [6.45, 7) is 4.95. The lowest BCUT2D eigenvalue weighted by Crippen LogP contribution is -2.45. The second kappa shape index (κ2) is 71.8. The van der Waals surface area contributed by atoms with E-state index < -0.39 is 12.1 Å². The number of ether oxygens (including phenoxy) is 1. The molecule has 0 aliphatic rings. The van der Waals surface area contributed by atoms with Gasteiger partial charge in [-0.15, -0.1) is 0 Å². The number of amides is 1. The van der Waals surface area contributed by atoms with Gasteiger partial charge in [0.2, 0.25) is 5.91 Å². The summed E-state index contributed by atoms with van der Waals surface area (Å²) in [6.07, 6.45) is 91.3. The average molecular weight is 1160 g/mol. The first-order valence-electron chi connectivity index (χ1n) is 37.6. The Kier molecular flexibility index (Phi) is 70.4. The van der Waals surface area contributed by atoms with Crippen LogP contribution in [0, 0.1) is 0 Å². The molecule has 0 aromatic carbocycles. The quantitative estimate of drug-likeness (QED) is 0.0320. The lowest BCUT2D eigenvalue weighted by Gasteiger charge is -2.20. The molecule has 6 heteroatoms. The van der Waals surface area contributed by atoms with E-state index >= 15 is 0 Å². The Morgan fingerprint density at radius 2 is 0.573 bits per heavy atom. The Bertz CT molecular complexity index is 1280. The van der Waals surface area contributed by atoms with E-state index in [2.05, 4.69) is 31.3 Å². The molecule has 0 radical (unpaired) electrons. The highest BCUT2D eigenvalue weighted by Gasteiger charge is 2.18. The van der Waals surface area contributed by atoms with Gasteiger partial charge in [0, 0.05) is 12.8 Å². The van der Waals surface area contributed by atoms with Crippen molar-refractivity contribution in [3.05, 3.63) is 24.3 Å². The van der Waals surface area contributed by atoms with Crippen LogP contribution in [0.4, 0.5) is 0 Å². The van der Waals surface area contributed by atoms with Gasteiger partial charge in [-0.3, -0.25) is 9.59 Å². The maximum atomic E-state index is 12.5. The van der Waals surface area contributed by atoms with Gasteiger partial charge in [0.15, 0.2) is 0 Å². The zero-order valence-electron chi connectivity index (χ0n) is 55.8. The van der Waals surface area contributed by atoms with E-state index in [1.165, 1.54) is 360 Å². The molecule has 0 aromatic rings. The summed E-state index contributed by atoms with van der Waals surface area (Å²) in [7, 11) is 0. The van der Waals surface area contributed by atoms with E-state index in [1.807, 2.05) is 6.08 Å². The third-order valence-corrected chi connectivity index (χ3v) is 17.7. The van der Waals surface area contributed by atoms with Crippen LogP contribution in [-0.2, 0) is 14.3 Å². The van der Waals surface area contributed by atoms with E-state index in [4.69, 9.17) is 4.74 Å². The largest absolute Gasteiger partial charge is 0.466 e. The first kappa shape index (κ1) is 80.3. The predicted molar refractivity (Wildman–Crippen MR) is 361 cm³/mol. The minimum Gasteiger partial charge on any atom is -0.466 e. The summed E-state index contributed by atoms with van der Waals surface area (Å²) < 4.78 is 5.51. The van der Waals surface area contributed by atoms with E-state index in [9.17, 15) is 19.8 Å². The van der Waals surface area contributed by atoms with Crippen LogP contribution >= 0.6 is 0 Å². The van der Waals surface area contributed by atoms with E-state index in [0.29, 0.717) is 19.4 Å². The molecule has 2 atom stereocenters. The van der Waals surface area contributed by atoms with Gasteiger partial charge in [-0.2, -0.15) is 0 Å². The number of nitrogens with one attached hydrogen (secondary N) is 1. The van der Waals surface area contributed by atoms with Gasteiger partial charge >= 0.3 is 5.97 Å². The van der Waals surface area contributed by atoms with Crippen LogP contribution in [-0.4, -0.2) is 47.4 Å². The molecule has 0 saturated heterocycles. The van der Waals surface area contributed by atoms with Gasteiger partial charge in [0.25, 0.3) is 0 Å². The van der Waals surface area contributed by atoms with Gasteiger partial charge in [0.05, 0.1) is 25.4 Å². The van der Waals surface area contributed by atoms with Crippen molar-refractivity contribution in [3.8, 4) is 0 Å². The molecule has 0 rings (SSSR count). The highest BCUT2D eigenvalue weighted by molar-refractivity contribution is 5.76. The number of allylic oxidation sites excluding steroid dienone is 3. The van der Waals surface area contributed by atoms with E-state index in [0.717, 1.165) is 38.5 Å². The van der Waals surface area contributed by atoms with Crippen LogP contribution in [0.2, 0.25) is 0 Å². The molecule has 0 aromatic heterocycles. The third-order valence-electron chi connectivity index (χ3n) is 17.7. The summed E-state index contributed by atoms with van der Waals surface area (Å²) >= 11 is 0. The smallest absolute Gasteiger partial charge is 0.305 e. The SMILES string of the molecule is CCCCCCCCCCCCCCCCCCCCC/C=C/C(O)C(CO)NC(=O)CCCCCCCCCCCCCC/C=C\CCCCCCCCCCCCCCOC(=O)CCCCCCCCCCCCCCCCCC. The lowest BCUT2D eigenvalue weighted by atomic mass is 10.0. The molecule has 3 N–H and O–H groups in total. The van der Waals surface area contributed by atoms with Gasteiger partial charge in [-0.25, -0.2) is 0 Å². The zero-order valence-corrected chi connectivity index (χ0v) is 55.8. The molecular formula is C76H147NO5. The Labute approximate surface area is 513 Å². The van der Waals surface area contributed by atoms with E-state index in [-0.39, 0.29) is 18.5 Å². The monoisotopic (exact) mass is 1150 g/mol. The Hall–Kier alpha value is -1.66. The summed E-state index contributed by atoms with van der Waals surface area (Å²) in [5.41, 5.74) is 0. The Morgan fingerprint density at radius 3 is 0.866 bits per heavy atom. The summed E-state index contributed by atoms with van der Waals surface area (Å²) in [6, 6.07) is -0.629. The van der Waals surface area contributed by atoms with Gasteiger partial charge in [0.1, 0.15) is 0 Å². The number of aliphatic hydroxyl groups excluding tert-OH is 2. The topological polar surface area (TPSA) is 95.9 Å². The second-order valence-corrected chi connectivity index (χ2v) is 26.0. The maximum absolute atomic E-state index is 12.5. The van der Waals surface area contributed by atoms with Crippen LogP contribution in [0.5, 0.6) is 0 Å². The molecule has 2 unspecified atom stereocenters. The fourth-order valence-corrected chi connectivity index (χ4v) is 12.0. The van der Waals surface area contributed by atoms with Gasteiger partial charge in [-0.05, 0) is 57.8 Å². The molecule has 6 nitrogen and oxygen atoms in total. The number of carbonyl (C=O) groups excluding carboxylic acids is 2. The summed E-state index contributed by atoms with van der Waals surface area (Å²) in [4.78, 5) is 24.6. The molecule has 0 fully saturated rings. The van der Waals surface area contributed by atoms with Crippen molar-refractivity contribution >= 4 is 11.9 Å². The van der Waals surface area contributed by atoms with Gasteiger partial charge < -0.3 is 20.3 Å². The molecule has 0 spiro atoms. The number of esters is 1. The van der Waals surface area contributed by atoms with Crippen molar-refractivity contribution in [2.45, 2.75) is 437 Å². The molecule has 82 heavy (non-hydrogen) atoms. The fraction of sp³-hybridized carbons (Fsp3) is 0.921. The number of carbonyl (C=O) groups is 2. The molecular weight excluding hydrogens is 1010 g/mol. The zero-order chi connectivity index (χ0) is 59.2. The van der Waals surface area contributed by atoms with Crippen molar-refractivity contribution in [1.29, 1.82) is 0 Å². The van der Waals surface area contributed by atoms with Crippen LogP contribution in [0.3, 0.4) is 0 Å². The van der Waals surface area contributed by atoms with Gasteiger partial charge in [-0.1, -0.05) is 378 Å². The first-order chi connectivity index (χ1) is 40.5. The number of rotatable bonds is 71. The van der Waals surface area contributed by atoms with Crippen LogP contribution in [0.25, 0.3) is 0 Å². The number of hydrogen-bond acceptors (Lipinski definition) is 5. The third kappa shape index (κ3) is 67.5. The van der Waals surface area contributed by atoms with Crippen molar-refractivity contribution in [3.63, 3.8) is 0 Å². The van der Waals surface area contributed by atoms with Crippen molar-refractivity contribution in [2.24, 2.45) is 0 Å². The van der Waals surface area contributed by atoms with E-state index in [1.54, 1.807) is 6.08 Å². The minimum atomic E-state index is -0.845. The summed E-state index contributed by atoms with van der Waals surface area (Å²) in [5, 5.41) is 23.3. The van der Waals surface area contributed by atoms with Crippen molar-refractivity contribution in [1.82, 2.24) is 5.32 Å². The number of unbranched alkanes of at least 4 members (excludes halogenated alkanes) is 58. The molecule has 0 heterocycles. The lowest BCUT2D eigenvalue weighted by molar-refractivity contribution is -0.143. The average Bonchev–Trinajstić information content (AvgIpc) is 3.48. The predicted octanol–water partition coefficient (Wildman–Crippen LogP) is 24.5. The Balaban J connectivity index is 3.39. The molecule has 0 aliphatic heterocycles. The highest BCUT2D eigenvalue weighted by Crippen LogP contribution is 2.19. The standard InChI is InChI=1S/C76H147NO5/c1-3-5-7-9-11-13-15-17-19-21-22-31-34-37-40-44-48-52-56-60-64-68-74(79)73(72-78)77-75(80)69-65-61-57-53-49-45-41-38-35-32-29-27-25-23-24-26-28-30-33-36-39-43-47-51-55-59-63-67-71-82-76(81)70-66-62-58-54-50-46-42-20-18-16-14-12-10-8-6-4-2/h23-24,64,68,73-74,78-79H,3-22,25-63,65-67,69-72H2,1-2H3,(H,77,80)/b24-23-,68-64+. The molecule has 486 valence electrons. The molecule has 1 amide bonds. The number of aliphatic hydroxyl groups is 2. The highest BCUT2D eigenvalue weighted by atomic mass is 16.5. The van der Waals surface area contributed by atoms with Crippen LogP contribution in [0.15, 0.2) is 24.3 Å². The molecule has 0 aliphatic carbocycles. The number of hydrogen-bond donors (Lipinski definition) is 3. The van der Waals surface area contributed by atoms with Crippen molar-refractivity contribution in [2.75, 3.05) is 13.2 Å². The van der Waals surface area contributed by atoms with Crippen molar-refractivity contribution < 1.29 is 24.5 Å². The maximum Gasteiger partial charge on any atom is 0.305 e. The van der Waals surface area contributed by atoms with Crippen LogP contribution in [0.1, 0.15) is 425 Å².